The number of carbonyl (C=O) groups is 2. The number of benzene rings is 1. The van der Waals surface area contributed by atoms with Gasteiger partial charge in [-0.2, -0.15) is 0 Å². The summed E-state index contributed by atoms with van der Waals surface area (Å²) in [4.78, 5) is 26.9. The van der Waals surface area contributed by atoms with Gasteiger partial charge in [0, 0.05) is 17.3 Å². The third-order valence-corrected chi connectivity index (χ3v) is 4.54. The van der Waals surface area contributed by atoms with E-state index in [-0.39, 0.29) is 17.7 Å². The first-order chi connectivity index (χ1) is 11.0. The Morgan fingerprint density at radius 1 is 1.22 bits per heavy atom. The summed E-state index contributed by atoms with van der Waals surface area (Å²) in [5.41, 5.74) is 1.90. The smallest absolute Gasteiger partial charge is 0.275 e. The molecule has 1 heterocycles. The number of nitrogens with zero attached hydrogens (tertiary/aromatic N) is 1. The maximum absolute atomic E-state index is 12.0. The molecular weight excluding hydrogens is 290 g/mol. The number of anilines is 1. The van der Waals surface area contributed by atoms with Crippen LogP contribution < -0.4 is 15.1 Å². The Morgan fingerprint density at radius 3 is 2.35 bits per heavy atom. The van der Waals surface area contributed by atoms with Crippen molar-refractivity contribution in [2.24, 2.45) is 0 Å². The van der Waals surface area contributed by atoms with Crippen LogP contribution in [0.15, 0.2) is 24.3 Å². The van der Waals surface area contributed by atoms with Gasteiger partial charge in [0.2, 0.25) is 0 Å². The van der Waals surface area contributed by atoms with Crippen LogP contribution in [0.1, 0.15) is 37.6 Å². The molecule has 0 saturated carbocycles. The van der Waals surface area contributed by atoms with Gasteiger partial charge in [0.15, 0.2) is 12.3 Å². The first kappa shape index (κ1) is 17.5. The third-order valence-electron chi connectivity index (χ3n) is 4.54. The van der Waals surface area contributed by atoms with E-state index in [1.807, 2.05) is 31.2 Å². The lowest BCUT2D eigenvalue weighted by atomic mass is 10.1. The molecule has 2 N–H and O–H groups in total. The molecular formula is C18H28N3O2+. The molecule has 0 spiro atoms. The number of piperazine rings is 1. The molecule has 1 fully saturated rings. The van der Waals surface area contributed by atoms with E-state index in [4.69, 9.17) is 0 Å². The summed E-state index contributed by atoms with van der Waals surface area (Å²) in [6, 6.07) is 8.05. The van der Waals surface area contributed by atoms with Crippen LogP contribution in [0.4, 0.5) is 5.69 Å². The summed E-state index contributed by atoms with van der Waals surface area (Å²) in [5.74, 6) is 0.242. The Labute approximate surface area is 138 Å². The number of Topliss-reactive ketones (excluding diaryl/α,β-unsaturated/α-hetero) is 1. The molecule has 0 aromatic heterocycles. The molecule has 1 aromatic rings. The van der Waals surface area contributed by atoms with E-state index in [1.165, 1.54) is 4.90 Å². The second kappa shape index (κ2) is 8.11. The summed E-state index contributed by atoms with van der Waals surface area (Å²) in [6.07, 6.45) is 0.963. The van der Waals surface area contributed by atoms with Gasteiger partial charge in [-0.15, -0.1) is 0 Å². The number of hydrogen-bond acceptors (Lipinski definition) is 3. The van der Waals surface area contributed by atoms with Gasteiger partial charge >= 0.3 is 0 Å². The minimum atomic E-state index is 0.0955. The van der Waals surface area contributed by atoms with Crippen LogP contribution >= 0.6 is 0 Å². The van der Waals surface area contributed by atoms with Crippen LogP contribution in [0.25, 0.3) is 0 Å². The van der Waals surface area contributed by atoms with E-state index in [2.05, 4.69) is 17.1 Å². The average Bonchev–Trinajstić information content (AvgIpc) is 2.55. The van der Waals surface area contributed by atoms with E-state index < -0.39 is 0 Å². The van der Waals surface area contributed by atoms with Crippen LogP contribution in [0, 0.1) is 0 Å². The van der Waals surface area contributed by atoms with Gasteiger partial charge in [-0.25, -0.2) is 0 Å². The maximum Gasteiger partial charge on any atom is 0.275 e. The highest BCUT2D eigenvalue weighted by Gasteiger charge is 2.22. The molecule has 0 aliphatic carbocycles. The topological polar surface area (TPSA) is 53.9 Å². The predicted octanol–water partition coefficient (Wildman–Crippen LogP) is 0.509. The fourth-order valence-electron chi connectivity index (χ4n) is 2.82. The number of rotatable bonds is 6. The van der Waals surface area contributed by atoms with Crippen molar-refractivity contribution in [1.82, 2.24) is 5.32 Å². The van der Waals surface area contributed by atoms with E-state index in [0.29, 0.717) is 6.54 Å². The number of carbonyl (C=O) groups excluding carboxylic acids is 2. The standard InChI is InChI=1S/C18H27N3O2/c1-4-14(2)19-18(23)13-20-9-11-21(12-10-20)17-7-5-16(6-8-17)15(3)22/h5-8,14H,4,9-13H2,1-3H3,(H,19,23)/p+1/t14-/m0/s1. The van der Waals surface area contributed by atoms with E-state index in [9.17, 15) is 9.59 Å². The van der Waals surface area contributed by atoms with Crippen LogP contribution in [0.2, 0.25) is 0 Å². The Hall–Kier alpha value is -1.88. The molecule has 0 radical (unpaired) electrons. The lowest BCUT2D eigenvalue weighted by Crippen LogP contribution is -3.16. The molecule has 5 heteroatoms. The number of ketones is 1. The van der Waals surface area contributed by atoms with E-state index in [0.717, 1.165) is 43.9 Å². The van der Waals surface area contributed by atoms with Crippen molar-refractivity contribution < 1.29 is 14.5 Å². The molecule has 1 aliphatic rings. The number of amides is 1. The Balaban J connectivity index is 1.81. The number of hydrogen-bond donors (Lipinski definition) is 2. The molecule has 1 aliphatic heterocycles. The van der Waals surface area contributed by atoms with Crippen molar-refractivity contribution in [2.45, 2.75) is 33.2 Å². The average molecular weight is 318 g/mol. The van der Waals surface area contributed by atoms with Gasteiger partial charge in [0.05, 0.1) is 26.2 Å². The van der Waals surface area contributed by atoms with Crippen molar-refractivity contribution in [3.05, 3.63) is 29.8 Å². The molecule has 1 aromatic carbocycles. The molecule has 0 unspecified atom stereocenters. The highest BCUT2D eigenvalue weighted by molar-refractivity contribution is 5.94. The first-order valence-electron chi connectivity index (χ1n) is 8.48. The highest BCUT2D eigenvalue weighted by Crippen LogP contribution is 2.15. The predicted molar refractivity (Wildman–Crippen MR) is 92.1 cm³/mol. The van der Waals surface area contributed by atoms with Crippen LogP contribution in [0.5, 0.6) is 0 Å². The van der Waals surface area contributed by atoms with Crippen molar-refractivity contribution >= 4 is 17.4 Å². The molecule has 2 rings (SSSR count). The summed E-state index contributed by atoms with van der Waals surface area (Å²) >= 11 is 0. The third kappa shape index (κ3) is 5.06. The molecule has 1 atom stereocenters. The van der Waals surface area contributed by atoms with E-state index in [1.54, 1.807) is 6.92 Å². The van der Waals surface area contributed by atoms with Gasteiger partial charge in [-0.05, 0) is 44.5 Å². The Morgan fingerprint density at radius 2 is 1.83 bits per heavy atom. The van der Waals surface area contributed by atoms with Gasteiger partial charge in [-0.1, -0.05) is 6.92 Å². The summed E-state index contributed by atoms with van der Waals surface area (Å²) in [7, 11) is 0. The zero-order valence-electron chi connectivity index (χ0n) is 14.4. The molecule has 0 bridgehead atoms. The minimum Gasteiger partial charge on any atom is -0.360 e. The van der Waals surface area contributed by atoms with Crippen molar-refractivity contribution in [1.29, 1.82) is 0 Å². The van der Waals surface area contributed by atoms with Crippen LogP contribution in [0.3, 0.4) is 0 Å². The van der Waals surface area contributed by atoms with Crippen LogP contribution in [-0.4, -0.2) is 50.5 Å². The normalized spacial score (nSPS) is 16.9. The number of nitrogens with one attached hydrogen (secondary N) is 2. The first-order valence-corrected chi connectivity index (χ1v) is 8.48. The summed E-state index contributed by atoms with van der Waals surface area (Å²) < 4.78 is 0. The maximum atomic E-state index is 12.0. The van der Waals surface area contributed by atoms with Gasteiger partial charge in [-0.3, -0.25) is 9.59 Å². The van der Waals surface area contributed by atoms with E-state index >= 15 is 0 Å². The van der Waals surface area contributed by atoms with Gasteiger partial charge < -0.3 is 15.1 Å². The van der Waals surface area contributed by atoms with Crippen LogP contribution in [-0.2, 0) is 4.79 Å². The summed E-state index contributed by atoms with van der Waals surface area (Å²) in [5, 5.41) is 3.03. The quantitative estimate of drug-likeness (QED) is 0.752. The molecule has 1 saturated heterocycles. The SMILES string of the molecule is CC[C@H](C)NC(=O)C[NH+]1CCN(c2ccc(C(C)=O)cc2)CC1. The second-order valence-electron chi connectivity index (χ2n) is 6.39. The Kier molecular flexibility index (Phi) is 6.16. The molecule has 23 heavy (non-hydrogen) atoms. The van der Waals surface area contributed by atoms with Gasteiger partial charge in [0.25, 0.3) is 5.91 Å². The largest absolute Gasteiger partial charge is 0.360 e. The molecule has 126 valence electrons. The zero-order valence-corrected chi connectivity index (χ0v) is 14.4. The zero-order chi connectivity index (χ0) is 16.8. The molecule has 1 amide bonds. The highest BCUT2D eigenvalue weighted by atomic mass is 16.2. The number of quaternary nitrogens is 1. The fraction of sp³-hybridized carbons (Fsp3) is 0.556. The van der Waals surface area contributed by atoms with Crippen molar-refractivity contribution in [2.75, 3.05) is 37.6 Å². The van der Waals surface area contributed by atoms with Gasteiger partial charge in [0.1, 0.15) is 0 Å². The van der Waals surface area contributed by atoms with Crippen molar-refractivity contribution in [3.8, 4) is 0 Å². The van der Waals surface area contributed by atoms with Crippen molar-refractivity contribution in [3.63, 3.8) is 0 Å². The second-order valence-corrected chi connectivity index (χ2v) is 6.39. The lowest BCUT2D eigenvalue weighted by Gasteiger charge is -2.33. The summed E-state index contributed by atoms with van der Waals surface area (Å²) in [6.45, 7) is 10.0. The lowest BCUT2D eigenvalue weighted by molar-refractivity contribution is -0.892. The Bertz CT molecular complexity index is 534. The minimum absolute atomic E-state index is 0.0955. The monoisotopic (exact) mass is 318 g/mol. The molecule has 5 nitrogen and oxygen atoms in total. The fourth-order valence-corrected chi connectivity index (χ4v) is 2.82.